The Morgan fingerprint density at radius 3 is 2.54 bits per heavy atom. The molecular weight excluding hydrogens is 360 g/mol. The summed E-state index contributed by atoms with van der Waals surface area (Å²) in [6, 6.07) is 4.30. The van der Waals surface area contributed by atoms with Gasteiger partial charge in [-0.05, 0) is 37.0 Å². The van der Waals surface area contributed by atoms with E-state index in [4.69, 9.17) is 9.72 Å². The van der Waals surface area contributed by atoms with E-state index in [9.17, 15) is 15.0 Å². The first-order chi connectivity index (χ1) is 13.4. The highest BCUT2D eigenvalue weighted by Gasteiger charge is 2.44. The molecule has 1 aromatic carbocycles. The van der Waals surface area contributed by atoms with Gasteiger partial charge in [-0.2, -0.15) is 0 Å². The zero-order valence-corrected chi connectivity index (χ0v) is 16.1. The van der Waals surface area contributed by atoms with Gasteiger partial charge in [0.15, 0.2) is 0 Å². The summed E-state index contributed by atoms with van der Waals surface area (Å²) in [6.45, 7) is 1.51. The van der Waals surface area contributed by atoms with Crippen molar-refractivity contribution in [1.29, 1.82) is 0 Å². The summed E-state index contributed by atoms with van der Waals surface area (Å²) in [5.41, 5.74) is 1.42. The third kappa shape index (κ3) is 3.03. The zero-order chi connectivity index (χ0) is 19.9. The molecule has 1 spiro atoms. The van der Waals surface area contributed by atoms with Crippen molar-refractivity contribution in [2.24, 2.45) is 0 Å². The van der Waals surface area contributed by atoms with E-state index < -0.39 is 5.60 Å². The number of aromatic hydroxyl groups is 2. The molecule has 8 heteroatoms. The summed E-state index contributed by atoms with van der Waals surface area (Å²) < 4.78 is 6.20. The SMILES string of the molecule is CN(C)c1ncc2c(n1)C1(CCN(C(=O)c3c(O)cccc3O)CC1)OCC2. The number of phenolic OH excluding ortho intramolecular Hbond substituents is 2. The van der Waals surface area contributed by atoms with E-state index in [1.165, 1.54) is 18.2 Å². The molecule has 0 aliphatic carbocycles. The van der Waals surface area contributed by atoms with Gasteiger partial charge < -0.3 is 24.7 Å². The number of piperidine rings is 1. The van der Waals surface area contributed by atoms with Crippen LogP contribution in [0.15, 0.2) is 24.4 Å². The Balaban J connectivity index is 1.58. The molecule has 1 saturated heterocycles. The molecule has 148 valence electrons. The minimum absolute atomic E-state index is 0.0550. The van der Waals surface area contributed by atoms with Crippen molar-refractivity contribution < 1.29 is 19.7 Å². The van der Waals surface area contributed by atoms with E-state index in [0.29, 0.717) is 38.5 Å². The largest absolute Gasteiger partial charge is 0.507 e. The van der Waals surface area contributed by atoms with Crippen molar-refractivity contribution in [1.82, 2.24) is 14.9 Å². The first kappa shape index (κ1) is 18.5. The number of anilines is 1. The van der Waals surface area contributed by atoms with E-state index in [0.717, 1.165) is 17.7 Å². The molecule has 0 unspecified atom stereocenters. The van der Waals surface area contributed by atoms with Gasteiger partial charge in [0.25, 0.3) is 5.91 Å². The highest BCUT2D eigenvalue weighted by Crippen LogP contribution is 2.41. The number of carbonyl (C=O) groups is 1. The third-order valence-electron chi connectivity index (χ3n) is 5.53. The van der Waals surface area contributed by atoms with Gasteiger partial charge in [0.2, 0.25) is 5.95 Å². The molecule has 1 aromatic heterocycles. The fourth-order valence-corrected chi connectivity index (χ4v) is 3.97. The van der Waals surface area contributed by atoms with E-state index in [2.05, 4.69) is 4.98 Å². The molecule has 0 atom stereocenters. The molecule has 8 nitrogen and oxygen atoms in total. The van der Waals surface area contributed by atoms with Gasteiger partial charge in [0, 0.05) is 33.4 Å². The number of fused-ring (bicyclic) bond motifs is 2. The second kappa shape index (κ2) is 6.94. The summed E-state index contributed by atoms with van der Waals surface area (Å²) in [4.78, 5) is 25.5. The number of ether oxygens (including phenoxy) is 1. The predicted molar refractivity (Wildman–Crippen MR) is 103 cm³/mol. The minimum atomic E-state index is -0.529. The minimum Gasteiger partial charge on any atom is -0.507 e. The van der Waals surface area contributed by atoms with Gasteiger partial charge in [0.05, 0.1) is 12.3 Å². The number of carbonyl (C=O) groups excluding carboxylic acids is 1. The lowest BCUT2D eigenvalue weighted by atomic mass is 9.83. The lowest BCUT2D eigenvalue weighted by Gasteiger charge is -2.44. The monoisotopic (exact) mass is 384 g/mol. The lowest BCUT2D eigenvalue weighted by molar-refractivity contribution is -0.0967. The van der Waals surface area contributed by atoms with Gasteiger partial charge in [-0.25, -0.2) is 9.97 Å². The fourth-order valence-electron chi connectivity index (χ4n) is 3.97. The van der Waals surface area contributed by atoms with Crippen molar-refractivity contribution in [2.75, 3.05) is 38.7 Å². The van der Waals surface area contributed by atoms with Crippen LogP contribution in [0.2, 0.25) is 0 Å². The average molecular weight is 384 g/mol. The first-order valence-electron chi connectivity index (χ1n) is 9.39. The first-order valence-corrected chi connectivity index (χ1v) is 9.39. The molecule has 0 radical (unpaired) electrons. The molecule has 3 heterocycles. The highest BCUT2D eigenvalue weighted by atomic mass is 16.5. The van der Waals surface area contributed by atoms with Crippen LogP contribution in [0.3, 0.4) is 0 Å². The smallest absolute Gasteiger partial charge is 0.261 e. The third-order valence-corrected chi connectivity index (χ3v) is 5.53. The van der Waals surface area contributed by atoms with Gasteiger partial charge in [-0.15, -0.1) is 0 Å². The van der Waals surface area contributed by atoms with Crippen LogP contribution < -0.4 is 4.90 Å². The van der Waals surface area contributed by atoms with Crippen molar-refractivity contribution in [3.05, 3.63) is 41.2 Å². The molecular formula is C20H24N4O4. The number of aromatic nitrogens is 2. The Morgan fingerprint density at radius 1 is 1.21 bits per heavy atom. The summed E-state index contributed by atoms with van der Waals surface area (Å²) in [6.07, 6.45) is 3.85. The maximum atomic E-state index is 12.8. The molecule has 0 bridgehead atoms. The summed E-state index contributed by atoms with van der Waals surface area (Å²) in [5.74, 6) is -0.166. The molecule has 0 saturated carbocycles. The fraction of sp³-hybridized carbons (Fsp3) is 0.450. The van der Waals surface area contributed by atoms with Crippen molar-refractivity contribution in [2.45, 2.75) is 24.9 Å². The van der Waals surface area contributed by atoms with Gasteiger partial charge >= 0.3 is 0 Å². The predicted octanol–water partition coefficient (Wildman–Crippen LogP) is 1.66. The van der Waals surface area contributed by atoms with Crippen LogP contribution in [0.5, 0.6) is 11.5 Å². The number of likely N-dealkylation sites (tertiary alicyclic amines) is 1. The molecule has 2 N–H and O–H groups in total. The van der Waals surface area contributed by atoms with Gasteiger partial charge in [-0.3, -0.25) is 4.79 Å². The Morgan fingerprint density at radius 2 is 1.89 bits per heavy atom. The molecule has 1 amide bonds. The van der Waals surface area contributed by atoms with E-state index in [1.807, 2.05) is 25.2 Å². The Bertz CT molecular complexity index is 887. The molecule has 2 aromatic rings. The van der Waals surface area contributed by atoms with Crippen molar-refractivity contribution in [3.8, 4) is 11.5 Å². The number of hydrogen-bond acceptors (Lipinski definition) is 7. The van der Waals surface area contributed by atoms with Crippen molar-refractivity contribution >= 4 is 11.9 Å². The highest BCUT2D eigenvalue weighted by molar-refractivity contribution is 5.99. The van der Waals surface area contributed by atoms with Crippen LogP contribution in [0.4, 0.5) is 5.95 Å². The van der Waals surface area contributed by atoms with E-state index in [-0.39, 0.29) is 23.0 Å². The number of hydrogen-bond donors (Lipinski definition) is 2. The normalized spacial score (nSPS) is 18.0. The van der Waals surface area contributed by atoms with Crippen LogP contribution in [0.1, 0.15) is 34.5 Å². The standard InChI is InChI=1S/C20H24N4O4/c1-23(2)19-21-12-13-6-11-28-20(17(13)22-19)7-9-24(10-8-20)18(27)16-14(25)4-3-5-15(16)26/h3-5,12,25-26H,6-11H2,1-2H3. The molecule has 1 fully saturated rings. The Hall–Kier alpha value is -2.87. The topological polar surface area (TPSA) is 99.0 Å². The van der Waals surface area contributed by atoms with Crippen LogP contribution in [0.25, 0.3) is 0 Å². The maximum absolute atomic E-state index is 12.8. The summed E-state index contributed by atoms with van der Waals surface area (Å²) >= 11 is 0. The Kier molecular flexibility index (Phi) is 4.58. The lowest BCUT2D eigenvalue weighted by Crippen LogP contribution is -2.49. The number of phenols is 2. The maximum Gasteiger partial charge on any atom is 0.261 e. The quantitative estimate of drug-likeness (QED) is 0.812. The van der Waals surface area contributed by atoms with Crippen molar-refractivity contribution in [3.63, 3.8) is 0 Å². The molecule has 2 aliphatic rings. The molecule has 4 rings (SSSR count). The van der Waals surface area contributed by atoms with Crippen LogP contribution in [-0.4, -0.2) is 64.8 Å². The van der Waals surface area contributed by atoms with Gasteiger partial charge in [-0.1, -0.05) is 6.07 Å². The second-order valence-electron chi connectivity index (χ2n) is 7.49. The molecule has 2 aliphatic heterocycles. The summed E-state index contributed by atoms with van der Waals surface area (Å²) in [5, 5.41) is 20.0. The van der Waals surface area contributed by atoms with Crippen LogP contribution in [-0.2, 0) is 16.8 Å². The van der Waals surface area contributed by atoms with Crippen LogP contribution >= 0.6 is 0 Å². The number of nitrogens with zero attached hydrogens (tertiary/aromatic N) is 4. The Labute approximate surface area is 163 Å². The zero-order valence-electron chi connectivity index (χ0n) is 16.1. The number of rotatable bonds is 2. The average Bonchev–Trinajstić information content (AvgIpc) is 2.68. The number of amides is 1. The molecule has 28 heavy (non-hydrogen) atoms. The van der Waals surface area contributed by atoms with Gasteiger partial charge in [0.1, 0.15) is 22.7 Å². The van der Waals surface area contributed by atoms with Crippen LogP contribution in [0, 0.1) is 0 Å². The second-order valence-corrected chi connectivity index (χ2v) is 7.49. The number of benzene rings is 1. The van der Waals surface area contributed by atoms with E-state index in [1.54, 1.807) is 4.90 Å². The van der Waals surface area contributed by atoms with E-state index >= 15 is 0 Å². The summed E-state index contributed by atoms with van der Waals surface area (Å²) in [7, 11) is 3.80.